The van der Waals surface area contributed by atoms with Gasteiger partial charge in [-0.3, -0.25) is 4.79 Å². The molecule has 4 rings (SSSR count). The quantitative estimate of drug-likeness (QED) is 0.833. The molecule has 0 aromatic carbocycles. The minimum absolute atomic E-state index is 0.0184. The number of anilines is 1. The molecule has 0 unspecified atom stereocenters. The first-order chi connectivity index (χ1) is 12.8. The van der Waals surface area contributed by atoms with Crippen LogP contribution in [0.25, 0.3) is 0 Å². The van der Waals surface area contributed by atoms with E-state index in [-0.39, 0.29) is 16.4 Å². The smallest absolute Gasteiger partial charge is 0.254 e. The maximum Gasteiger partial charge on any atom is 0.254 e. The molecule has 140 valence electrons. The van der Waals surface area contributed by atoms with Gasteiger partial charge in [0.25, 0.3) is 5.56 Å². The molecule has 1 fully saturated rings. The van der Waals surface area contributed by atoms with Crippen LogP contribution in [0.1, 0.15) is 62.8 Å². The zero-order chi connectivity index (χ0) is 19.2. The Kier molecular flexibility index (Phi) is 4.02. The summed E-state index contributed by atoms with van der Waals surface area (Å²) in [5.41, 5.74) is 1.99. The highest BCUT2D eigenvalue weighted by Crippen LogP contribution is 2.45. The van der Waals surface area contributed by atoms with Crippen molar-refractivity contribution in [1.82, 2.24) is 19.9 Å². The summed E-state index contributed by atoms with van der Waals surface area (Å²) in [6.07, 6.45) is 6.73. The number of hydrogen-bond acceptors (Lipinski definition) is 6. The van der Waals surface area contributed by atoms with Crippen molar-refractivity contribution < 1.29 is 0 Å². The second-order valence-electron chi connectivity index (χ2n) is 8.60. The largest absolute Gasteiger partial charge is 0.354 e. The summed E-state index contributed by atoms with van der Waals surface area (Å²) in [5.74, 6) is 1.41. The number of hydrogen-bond donors (Lipinski definition) is 1. The lowest BCUT2D eigenvalue weighted by molar-refractivity contribution is 0.320. The fourth-order valence-corrected chi connectivity index (χ4v) is 4.28. The second kappa shape index (κ2) is 6.15. The Labute approximate surface area is 158 Å². The van der Waals surface area contributed by atoms with Crippen molar-refractivity contribution in [3.63, 3.8) is 0 Å². The topological polar surface area (TPSA) is 98.6 Å². The van der Waals surface area contributed by atoms with Crippen molar-refractivity contribution >= 4 is 5.82 Å². The molecule has 1 saturated heterocycles. The first-order valence-electron chi connectivity index (χ1n) is 9.44. The Balaban J connectivity index is 1.65. The van der Waals surface area contributed by atoms with E-state index >= 15 is 0 Å². The average molecular weight is 364 g/mol. The van der Waals surface area contributed by atoms with Gasteiger partial charge in [0.05, 0.1) is 5.69 Å². The van der Waals surface area contributed by atoms with Gasteiger partial charge in [-0.05, 0) is 25.7 Å². The Hall–Kier alpha value is -2.75. The van der Waals surface area contributed by atoms with Crippen LogP contribution in [-0.2, 0) is 17.3 Å². The van der Waals surface area contributed by atoms with E-state index in [1.807, 2.05) is 0 Å². The minimum atomic E-state index is -0.194. The molecule has 2 aromatic rings. The summed E-state index contributed by atoms with van der Waals surface area (Å²) in [6.45, 7) is 7.77. The molecule has 2 aromatic heterocycles. The van der Waals surface area contributed by atoms with Crippen molar-refractivity contribution in [2.45, 2.75) is 57.3 Å². The van der Waals surface area contributed by atoms with Gasteiger partial charge in [-0.15, -0.1) is 0 Å². The van der Waals surface area contributed by atoms with Crippen LogP contribution in [0.2, 0.25) is 0 Å². The normalized spacial score (nSPS) is 18.4. The highest BCUT2D eigenvalue weighted by molar-refractivity contribution is 5.50. The van der Waals surface area contributed by atoms with Crippen LogP contribution in [-0.4, -0.2) is 33.0 Å². The highest BCUT2D eigenvalue weighted by atomic mass is 16.1. The molecule has 0 amide bonds. The van der Waals surface area contributed by atoms with E-state index < -0.39 is 0 Å². The van der Waals surface area contributed by atoms with Crippen LogP contribution in [0.3, 0.4) is 0 Å². The number of nitrogens with zero attached hydrogens (tertiary/aromatic N) is 5. The van der Waals surface area contributed by atoms with Crippen LogP contribution < -0.4 is 10.5 Å². The number of fused-ring (bicyclic) bond motifs is 2. The van der Waals surface area contributed by atoms with Crippen LogP contribution in [0.15, 0.2) is 17.2 Å². The predicted molar refractivity (Wildman–Crippen MR) is 102 cm³/mol. The van der Waals surface area contributed by atoms with Crippen LogP contribution >= 0.6 is 0 Å². The summed E-state index contributed by atoms with van der Waals surface area (Å²) in [4.78, 5) is 31.2. The van der Waals surface area contributed by atoms with Gasteiger partial charge in [-0.25, -0.2) is 15.0 Å². The Bertz CT molecular complexity index is 973. The van der Waals surface area contributed by atoms with Gasteiger partial charge >= 0.3 is 0 Å². The first-order valence-corrected chi connectivity index (χ1v) is 9.44. The Morgan fingerprint density at radius 1 is 1.19 bits per heavy atom. The average Bonchev–Trinajstić information content (AvgIpc) is 3.00. The fraction of sp³-hybridized carbons (Fsp3) is 0.550. The standard InChI is InChI=1S/C20H24N6O/c1-19(2,3)18-24-15-13(17(27)25-18)4-5-20(15)6-10-26(11-7-20)16-14(12-21)22-8-9-23-16/h8-9H,4-7,10-11H2,1-3H3,(H,24,25,27). The molecule has 1 aliphatic carbocycles. The van der Waals surface area contributed by atoms with E-state index in [2.05, 4.69) is 46.7 Å². The SMILES string of the molecule is CC(C)(C)c1nc2c(c(=O)[nH]1)CCC21CCN(c2nccnc2C#N)CC1. The van der Waals surface area contributed by atoms with Crippen molar-refractivity contribution in [2.75, 3.05) is 18.0 Å². The molecule has 0 saturated carbocycles. The predicted octanol–water partition coefficient (Wildman–Crippen LogP) is 2.21. The lowest BCUT2D eigenvalue weighted by Gasteiger charge is -2.40. The number of piperidine rings is 1. The summed E-state index contributed by atoms with van der Waals surface area (Å²) in [5, 5.41) is 9.29. The first kappa shape index (κ1) is 17.7. The van der Waals surface area contributed by atoms with E-state index in [9.17, 15) is 10.1 Å². The van der Waals surface area contributed by atoms with Gasteiger partial charge in [0.15, 0.2) is 11.5 Å². The van der Waals surface area contributed by atoms with Gasteiger partial charge in [0.2, 0.25) is 0 Å². The maximum atomic E-state index is 12.6. The Morgan fingerprint density at radius 3 is 2.56 bits per heavy atom. The van der Waals surface area contributed by atoms with Crippen molar-refractivity contribution in [3.8, 4) is 6.07 Å². The second-order valence-corrected chi connectivity index (χ2v) is 8.60. The maximum absolute atomic E-state index is 12.6. The molecule has 0 atom stereocenters. The summed E-state index contributed by atoms with van der Waals surface area (Å²) in [7, 11) is 0. The molecular formula is C20H24N6O. The third-order valence-corrected chi connectivity index (χ3v) is 5.89. The summed E-state index contributed by atoms with van der Waals surface area (Å²) in [6, 6.07) is 2.13. The fourth-order valence-electron chi connectivity index (χ4n) is 4.28. The van der Waals surface area contributed by atoms with Crippen molar-refractivity contribution in [2.24, 2.45) is 0 Å². The van der Waals surface area contributed by atoms with Crippen LogP contribution in [0.5, 0.6) is 0 Å². The number of nitriles is 1. The number of aromatic amines is 1. The molecule has 7 nitrogen and oxygen atoms in total. The summed E-state index contributed by atoms with van der Waals surface area (Å²) < 4.78 is 0. The molecular weight excluding hydrogens is 340 g/mol. The highest BCUT2D eigenvalue weighted by Gasteiger charge is 2.44. The van der Waals surface area contributed by atoms with E-state index in [1.54, 1.807) is 12.4 Å². The molecule has 1 spiro atoms. The van der Waals surface area contributed by atoms with Gasteiger partial charge in [-0.2, -0.15) is 5.26 Å². The van der Waals surface area contributed by atoms with E-state index in [0.717, 1.165) is 55.9 Å². The number of nitrogens with one attached hydrogen (secondary N) is 1. The van der Waals surface area contributed by atoms with Crippen molar-refractivity contribution in [1.29, 1.82) is 5.26 Å². The monoisotopic (exact) mass is 364 g/mol. The minimum Gasteiger partial charge on any atom is -0.354 e. The molecule has 0 radical (unpaired) electrons. The van der Waals surface area contributed by atoms with Gasteiger partial charge in [-0.1, -0.05) is 20.8 Å². The number of H-pyrrole nitrogens is 1. The molecule has 1 N–H and O–H groups in total. The zero-order valence-corrected chi connectivity index (χ0v) is 16.0. The number of aromatic nitrogens is 4. The molecule has 3 heterocycles. The van der Waals surface area contributed by atoms with Gasteiger partial charge in [0, 0.05) is 41.9 Å². The molecule has 0 bridgehead atoms. The molecule has 2 aliphatic rings. The third-order valence-electron chi connectivity index (χ3n) is 5.89. The van der Waals surface area contributed by atoms with E-state index in [4.69, 9.17) is 4.98 Å². The molecule has 1 aliphatic heterocycles. The van der Waals surface area contributed by atoms with Crippen LogP contribution in [0, 0.1) is 11.3 Å². The summed E-state index contributed by atoms with van der Waals surface area (Å²) >= 11 is 0. The van der Waals surface area contributed by atoms with Gasteiger partial charge in [0.1, 0.15) is 11.9 Å². The van der Waals surface area contributed by atoms with E-state index in [1.165, 1.54) is 0 Å². The lowest BCUT2D eigenvalue weighted by Crippen LogP contribution is -2.43. The van der Waals surface area contributed by atoms with E-state index in [0.29, 0.717) is 11.5 Å². The molecule has 27 heavy (non-hydrogen) atoms. The van der Waals surface area contributed by atoms with Crippen molar-refractivity contribution in [3.05, 3.63) is 45.5 Å². The Morgan fingerprint density at radius 2 is 1.89 bits per heavy atom. The number of rotatable bonds is 1. The van der Waals surface area contributed by atoms with Crippen LogP contribution in [0.4, 0.5) is 5.82 Å². The lowest BCUT2D eigenvalue weighted by atomic mass is 9.76. The zero-order valence-electron chi connectivity index (χ0n) is 16.0. The van der Waals surface area contributed by atoms with Gasteiger partial charge < -0.3 is 9.88 Å². The molecule has 7 heteroatoms. The third kappa shape index (κ3) is 2.89.